The SMILES string of the molecule is CCCCNS(=O)(=O)c1ccc(C(=O)Nc2c(C)cc(C)cc2Cl)cc1. The summed E-state index contributed by atoms with van der Waals surface area (Å²) >= 11 is 6.21. The molecule has 2 N–H and O–H groups in total. The minimum absolute atomic E-state index is 0.134. The number of amides is 1. The number of nitrogens with one attached hydrogen (secondary N) is 2. The third kappa shape index (κ3) is 5.06. The van der Waals surface area contributed by atoms with Crippen LogP contribution in [0.4, 0.5) is 5.69 Å². The van der Waals surface area contributed by atoms with Crippen molar-refractivity contribution >= 4 is 33.2 Å². The summed E-state index contributed by atoms with van der Waals surface area (Å²) in [5.41, 5.74) is 2.78. The molecule has 0 spiro atoms. The Hall–Kier alpha value is -1.89. The van der Waals surface area contributed by atoms with Crippen molar-refractivity contribution in [2.75, 3.05) is 11.9 Å². The molecule has 5 nitrogen and oxygen atoms in total. The van der Waals surface area contributed by atoms with Crippen LogP contribution in [0.2, 0.25) is 5.02 Å². The molecule has 0 saturated heterocycles. The summed E-state index contributed by atoms with van der Waals surface area (Å²) in [5, 5.41) is 3.25. The van der Waals surface area contributed by atoms with Crippen molar-refractivity contribution in [3.63, 3.8) is 0 Å². The van der Waals surface area contributed by atoms with Gasteiger partial charge in [-0.05, 0) is 61.7 Å². The number of unbranched alkanes of at least 4 members (excludes halogenated alkanes) is 1. The predicted octanol–water partition coefficient (Wildman–Crippen LogP) is 4.29. The Morgan fingerprint density at radius 1 is 1.12 bits per heavy atom. The molecule has 0 aliphatic carbocycles. The van der Waals surface area contributed by atoms with Gasteiger partial charge in [-0.25, -0.2) is 13.1 Å². The van der Waals surface area contributed by atoms with E-state index in [9.17, 15) is 13.2 Å². The highest BCUT2D eigenvalue weighted by Gasteiger charge is 2.15. The van der Waals surface area contributed by atoms with Gasteiger partial charge in [-0.2, -0.15) is 0 Å². The van der Waals surface area contributed by atoms with E-state index in [2.05, 4.69) is 10.0 Å². The second kappa shape index (κ2) is 8.66. The highest BCUT2D eigenvalue weighted by atomic mass is 35.5. The maximum atomic E-state index is 12.4. The summed E-state index contributed by atoms with van der Waals surface area (Å²) in [6.45, 7) is 6.18. The minimum atomic E-state index is -3.55. The summed E-state index contributed by atoms with van der Waals surface area (Å²) in [4.78, 5) is 12.6. The second-order valence-corrected chi connectivity index (χ2v) is 8.34. The maximum absolute atomic E-state index is 12.4. The first-order valence-corrected chi connectivity index (χ1v) is 10.3. The predicted molar refractivity (Wildman–Crippen MR) is 105 cm³/mol. The fourth-order valence-electron chi connectivity index (χ4n) is 2.51. The molecule has 7 heteroatoms. The first-order chi connectivity index (χ1) is 12.2. The minimum Gasteiger partial charge on any atom is -0.320 e. The molecule has 0 aromatic heterocycles. The van der Waals surface area contributed by atoms with Crippen molar-refractivity contribution < 1.29 is 13.2 Å². The van der Waals surface area contributed by atoms with Gasteiger partial charge in [-0.3, -0.25) is 4.79 Å². The van der Waals surface area contributed by atoms with Gasteiger partial charge in [0.15, 0.2) is 0 Å². The van der Waals surface area contributed by atoms with Crippen molar-refractivity contribution in [2.45, 2.75) is 38.5 Å². The zero-order chi connectivity index (χ0) is 19.3. The maximum Gasteiger partial charge on any atom is 0.255 e. The number of hydrogen-bond donors (Lipinski definition) is 2. The van der Waals surface area contributed by atoms with Crippen molar-refractivity contribution in [2.24, 2.45) is 0 Å². The Kier molecular flexibility index (Phi) is 6.81. The Bertz CT molecular complexity index is 870. The standard InChI is InChI=1S/C19H23ClN2O3S/c1-4-5-10-21-26(24,25)16-8-6-15(7-9-16)19(23)22-18-14(3)11-13(2)12-17(18)20/h6-9,11-12,21H,4-5,10H2,1-3H3,(H,22,23). The van der Waals surface area contributed by atoms with E-state index in [0.29, 0.717) is 22.8 Å². The van der Waals surface area contributed by atoms with Gasteiger partial charge in [0.2, 0.25) is 10.0 Å². The number of hydrogen-bond acceptors (Lipinski definition) is 3. The molecule has 0 bridgehead atoms. The summed E-state index contributed by atoms with van der Waals surface area (Å²) in [5.74, 6) is -0.346. The van der Waals surface area contributed by atoms with E-state index in [1.807, 2.05) is 26.8 Å². The lowest BCUT2D eigenvalue weighted by Gasteiger charge is -2.12. The molecule has 0 radical (unpaired) electrons. The molecule has 0 aliphatic heterocycles. The highest BCUT2D eigenvalue weighted by molar-refractivity contribution is 7.89. The van der Waals surface area contributed by atoms with Gasteiger partial charge in [-0.15, -0.1) is 0 Å². The van der Waals surface area contributed by atoms with Crippen LogP contribution in [0.5, 0.6) is 0 Å². The fraction of sp³-hybridized carbons (Fsp3) is 0.316. The first kappa shape index (κ1) is 20.4. The zero-order valence-corrected chi connectivity index (χ0v) is 16.7. The summed E-state index contributed by atoms with van der Waals surface area (Å²) in [6.07, 6.45) is 1.68. The van der Waals surface area contributed by atoms with Gasteiger partial charge in [-0.1, -0.05) is 31.0 Å². The number of halogens is 1. The number of sulfonamides is 1. The lowest BCUT2D eigenvalue weighted by molar-refractivity contribution is 0.102. The molecular weight excluding hydrogens is 372 g/mol. The molecule has 26 heavy (non-hydrogen) atoms. The van der Waals surface area contributed by atoms with Crippen LogP contribution in [0.1, 0.15) is 41.3 Å². The molecule has 0 aliphatic rings. The van der Waals surface area contributed by atoms with E-state index in [-0.39, 0.29) is 10.8 Å². The van der Waals surface area contributed by atoms with Gasteiger partial charge in [0.05, 0.1) is 15.6 Å². The van der Waals surface area contributed by atoms with E-state index in [1.54, 1.807) is 6.07 Å². The normalized spacial score (nSPS) is 11.4. The van der Waals surface area contributed by atoms with E-state index in [1.165, 1.54) is 24.3 Å². The van der Waals surface area contributed by atoms with Crippen LogP contribution in [-0.2, 0) is 10.0 Å². The number of carbonyl (C=O) groups is 1. The molecular formula is C19H23ClN2O3S. The van der Waals surface area contributed by atoms with Crippen molar-refractivity contribution in [3.05, 3.63) is 58.1 Å². The molecule has 2 aromatic carbocycles. The van der Waals surface area contributed by atoms with Gasteiger partial charge >= 0.3 is 0 Å². The van der Waals surface area contributed by atoms with E-state index < -0.39 is 10.0 Å². The van der Waals surface area contributed by atoms with E-state index in [4.69, 9.17) is 11.6 Å². The summed E-state index contributed by atoms with van der Waals surface area (Å²) < 4.78 is 26.9. The molecule has 140 valence electrons. The molecule has 2 aromatic rings. The lowest BCUT2D eigenvalue weighted by Crippen LogP contribution is -2.24. The van der Waals surface area contributed by atoms with Crippen LogP contribution >= 0.6 is 11.6 Å². The monoisotopic (exact) mass is 394 g/mol. The largest absolute Gasteiger partial charge is 0.320 e. The van der Waals surface area contributed by atoms with Gasteiger partial charge < -0.3 is 5.32 Å². The first-order valence-electron chi connectivity index (χ1n) is 8.42. The number of aryl methyl sites for hydroxylation is 2. The molecule has 0 fully saturated rings. The number of anilines is 1. The lowest BCUT2D eigenvalue weighted by atomic mass is 10.1. The Morgan fingerprint density at radius 3 is 2.35 bits per heavy atom. The van der Waals surface area contributed by atoms with Gasteiger partial charge in [0, 0.05) is 12.1 Å². The van der Waals surface area contributed by atoms with Crippen LogP contribution < -0.4 is 10.0 Å². The van der Waals surface area contributed by atoms with Crippen LogP contribution in [0.3, 0.4) is 0 Å². The van der Waals surface area contributed by atoms with E-state index in [0.717, 1.165) is 24.0 Å². The Balaban J connectivity index is 2.14. The average molecular weight is 395 g/mol. The average Bonchev–Trinajstić information content (AvgIpc) is 2.58. The Morgan fingerprint density at radius 2 is 1.77 bits per heavy atom. The summed E-state index contributed by atoms with van der Waals surface area (Å²) in [6, 6.07) is 9.53. The topological polar surface area (TPSA) is 75.3 Å². The van der Waals surface area contributed by atoms with Crippen LogP contribution in [-0.4, -0.2) is 20.9 Å². The Labute approximate surface area is 159 Å². The summed E-state index contributed by atoms with van der Waals surface area (Å²) in [7, 11) is -3.55. The van der Waals surface area contributed by atoms with Crippen LogP contribution in [0, 0.1) is 13.8 Å². The van der Waals surface area contributed by atoms with Crippen LogP contribution in [0.15, 0.2) is 41.3 Å². The number of carbonyl (C=O) groups excluding carboxylic acids is 1. The van der Waals surface area contributed by atoms with Crippen LogP contribution in [0.25, 0.3) is 0 Å². The molecule has 0 atom stereocenters. The zero-order valence-electron chi connectivity index (χ0n) is 15.1. The van der Waals surface area contributed by atoms with Crippen molar-refractivity contribution in [1.29, 1.82) is 0 Å². The molecule has 2 rings (SSSR count). The third-order valence-electron chi connectivity index (χ3n) is 3.92. The van der Waals surface area contributed by atoms with Crippen molar-refractivity contribution in [1.82, 2.24) is 4.72 Å². The number of rotatable bonds is 7. The smallest absolute Gasteiger partial charge is 0.255 e. The third-order valence-corrected chi connectivity index (χ3v) is 5.69. The van der Waals surface area contributed by atoms with Gasteiger partial charge in [0.1, 0.15) is 0 Å². The van der Waals surface area contributed by atoms with E-state index >= 15 is 0 Å². The highest BCUT2D eigenvalue weighted by Crippen LogP contribution is 2.27. The molecule has 0 unspecified atom stereocenters. The quantitative estimate of drug-likeness (QED) is 0.688. The number of benzene rings is 2. The molecule has 0 saturated carbocycles. The van der Waals surface area contributed by atoms with Gasteiger partial charge in [0.25, 0.3) is 5.91 Å². The van der Waals surface area contributed by atoms with Crippen molar-refractivity contribution in [3.8, 4) is 0 Å². The fourth-order valence-corrected chi connectivity index (χ4v) is 3.95. The molecule has 0 heterocycles. The second-order valence-electron chi connectivity index (χ2n) is 6.17. The molecule has 1 amide bonds.